The van der Waals surface area contributed by atoms with Crippen LogP contribution in [0.2, 0.25) is 0 Å². The van der Waals surface area contributed by atoms with Crippen molar-refractivity contribution in [3.8, 4) is 0 Å². The number of amides is 1. The molecule has 106 valence electrons. The van der Waals surface area contributed by atoms with E-state index in [1.165, 1.54) is 0 Å². The van der Waals surface area contributed by atoms with Crippen LogP contribution < -0.4 is 0 Å². The zero-order chi connectivity index (χ0) is 14.8. The minimum atomic E-state index is -0.0959. The number of carbonyl (C=O) groups is 1. The fourth-order valence-corrected chi connectivity index (χ4v) is 2.16. The van der Waals surface area contributed by atoms with Gasteiger partial charge in [-0.15, -0.1) is 0 Å². The first-order valence-electron chi connectivity index (χ1n) is 6.60. The van der Waals surface area contributed by atoms with E-state index in [0.29, 0.717) is 12.1 Å². The number of nitrogens with zero attached hydrogens (tertiary/aromatic N) is 5. The molecular formula is C15H15N5O. The first-order valence-corrected chi connectivity index (χ1v) is 6.60. The van der Waals surface area contributed by atoms with E-state index in [-0.39, 0.29) is 5.91 Å². The molecule has 0 fully saturated rings. The van der Waals surface area contributed by atoms with Gasteiger partial charge in [0.05, 0.1) is 11.3 Å². The smallest absolute Gasteiger partial charge is 0.257 e. The molecule has 0 spiro atoms. The van der Waals surface area contributed by atoms with Gasteiger partial charge in [0.2, 0.25) is 0 Å². The lowest BCUT2D eigenvalue weighted by atomic mass is 10.2. The molecule has 1 amide bonds. The predicted octanol–water partition coefficient (Wildman–Crippen LogP) is 1.70. The summed E-state index contributed by atoms with van der Waals surface area (Å²) in [5.74, 6) is -0.0959. The number of carbonyl (C=O) groups excluding carboxylic acids is 1. The van der Waals surface area contributed by atoms with Crippen molar-refractivity contribution < 1.29 is 4.79 Å². The van der Waals surface area contributed by atoms with Crippen LogP contribution in [0.1, 0.15) is 21.6 Å². The van der Waals surface area contributed by atoms with Crippen molar-refractivity contribution in [2.24, 2.45) is 0 Å². The van der Waals surface area contributed by atoms with Gasteiger partial charge in [-0.3, -0.25) is 9.78 Å². The van der Waals surface area contributed by atoms with Gasteiger partial charge in [0, 0.05) is 44.4 Å². The molecule has 0 saturated carbocycles. The van der Waals surface area contributed by atoms with Crippen molar-refractivity contribution in [3.63, 3.8) is 0 Å². The molecular weight excluding hydrogens is 266 g/mol. The van der Waals surface area contributed by atoms with Crippen molar-refractivity contribution >= 4 is 11.6 Å². The maximum absolute atomic E-state index is 12.4. The Kier molecular flexibility index (Phi) is 3.35. The highest BCUT2D eigenvalue weighted by Gasteiger charge is 2.14. The molecule has 0 N–H and O–H groups in total. The molecule has 21 heavy (non-hydrogen) atoms. The highest BCUT2D eigenvalue weighted by molar-refractivity contribution is 5.93. The van der Waals surface area contributed by atoms with Crippen LogP contribution in [0.15, 0.2) is 43.0 Å². The van der Waals surface area contributed by atoms with Gasteiger partial charge in [0.25, 0.3) is 5.91 Å². The zero-order valence-electron chi connectivity index (χ0n) is 11.9. The summed E-state index contributed by atoms with van der Waals surface area (Å²) < 4.78 is 1.63. The number of pyridine rings is 1. The molecule has 0 unspecified atom stereocenters. The monoisotopic (exact) mass is 281 g/mol. The molecule has 0 aliphatic heterocycles. The summed E-state index contributed by atoms with van der Waals surface area (Å²) in [5, 5.41) is 4.27. The van der Waals surface area contributed by atoms with Crippen molar-refractivity contribution in [3.05, 3.63) is 59.8 Å². The molecule has 0 atom stereocenters. The lowest BCUT2D eigenvalue weighted by Crippen LogP contribution is -2.26. The molecule has 0 aliphatic carbocycles. The summed E-state index contributed by atoms with van der Waals surface area (Å²) in [6, 6.07) is 5.66. The van der Waals surface area contributed by atoms with Gasteiger partial charge in [0.1, 0.15) is 0 Å². The largest absolute Gasteiger partial charge is 0.337 e. The summed E-state index contributed by atoms with van der Waals surface area (Å²) in [7, 11) is 1.76. The number of fused-ring (bicyclic) bond motifs is 1. The highest BCUT2D eigenvalue weighted by atomic mass is 16.2. The standard InChI is InChI=1S/C15H15N5O/c1-11-6-14-17-8-13(10-20(14)18-11)15(21)19(2)9-12-4-3-5-16-7-12/h3-8,10H,9H2,1-2H3. The molecule has 3 aromatic rings. The van der Waals surface area contributed by atoms with Gasteiger partial charge in [-0.2, -0.15) is 5.10 Å². The highest BCUT2D eigenvalue weighted by Crippen LogP contribution is 2.09. The van der Waals surface area contributed by atoms with Crippen molar-refractivity contribution in [1.82, 2.24) is 24.5 Å². The second kappa shape index (κ2) is 5.32. The Hall–Kier alpha value is -2.76. The second-order valence-corrected chi connectivity index (χ2v) is 4.95. The third-order valence-corrected chi connectivity index (χ3v) is 3.17. The van der Waals surface area contributed by atoms with E-state index in [9.17, 15) is 4.79 Å². The van der Waals surface area contributed by atoms with Crippen molar-refractivity contribution in [2.75, 3.05) is 7.05 Å². The van der Waals surface area contributed by atoms with Crippen LogP contribution in [-0.2, 0) is 6.54 Å². The first-order chi connectivity index (χ1) is 10.1. The van der Waals surface area contributed by atoms with Gasteiger partial charge < -0.3 is 4.90 Å². The Morgan fingerprint density at radius 1 is 1.38 bits per heavy atom. The number of hydrogen-bond acceptors (Lipinski definition) is 4. The van der Waals surface area contributed by atoms with Gasteiger partial charge in [0.15, 0.2) is 5.65 Å². The maximum Gasteiger partial charge on any atom is 0.257 e. The Morgan fingerprint density at radius 3 is 3.00 bits per heavy atom. The zero-order valence-corrected chi connectivity index (χ0v) is 11.9. The number of hydrogen-bond donors (Lipinski definition) is 0. The summed E-state index contributed by atoms with van der Waals surface area (Å²) >= 11 is 0. The van der Waals surface area contributed by atoms with Crippen molar-refractivity contribution in [1.29, 1.82) is 0 Å². The lowest BCUT2D eigenvalue weighted by molar-refractivity contribution is 0.0784. The average molecular weight is 281 g/mol. The Balaban J connectivity index is 1.82. The number of rotatable bonds is 3. The Bertz CT molecular complexity index is 781. The summed E-state index contributed by atoms with van der Waals surface area (Å²) in [5.41, 5.74) is 3.10. The van der Waals surface area contributed by atoms with Crippen LogP contribution >= 0.6 is 0 Å². The van der Waals surface area contributed by atoms with Crippen LogP contribution in [0, 0.1) is 6.92 Å². The number of aryl methyl sites for hydroxylation is 1. The predicted molar refractivity (Wildman–Crippen MR) is 77.8 cm³/mol. The summed E-state index contributed by atoms with van der Waals surface area (Å²) in [6.45, 7) is 2.40. The van der Waals surface area contributed by atoms with Gasteiger partial charge in [-0.1, -0.05) is 6.07 Å². The van der Waals surface area contributed by atoms with Crippen LogP contribution in [0.5, 0.6) is 0 Å². The lowest BCUT2D eigenvalue weighted by Gasteiger charge is -2.16. The SMILES string of the molecule is Cc1cc2ncc(C(=O)N(C)Cc3cccnc3)cn2n1. The van der Waals surface area contributed by atoms with E-state index in [0.717, 1.165) is 16.9 Å². The van der Waals surface area contributed by atoms with Crippen LogP contribution in [0.25, 0.3) is 5.65 Å². The Labute approximate surface area is 122 Å². The summed E-state index contributed by atoms with van der Waals surface area (Å²) in [4.78, 5) is 22.4. The molecule has 0 radical (unpaired) electrons. The quantitative estimate of drug-likeness (QED) is 0.733. The molecule has 6 heteroatoms. The van der Waals surface area contributed by atoms with Gasteiger partial charge in [-0.25, -0.2) is 9.50 Å². The van der Waals surface area contributed by atoms with E-state index in [1.807, 2.05) is 25.1 Å². The second-order valence-electron chi connectivity index (χ2n) is 4.95. The van der Waals surface area contributed by atoms with E-state index in [4.69, 9.17) is 0 Å². The van der Waals surface area contributed by atoms with Crippen LogP contribution in [-0.4, -0.2) is 37.4 Å². The summed E-state index contributed by atoms with van der Waals surface area (Å²) in [6.07, 6.45) is 6.75. The number of aromatic nitrogens is 4. The fraction of sp³-hybridized carbons (Fsp3) is 0.200. The Morgan fingerprint density at radius 2 is 2.24 bits per heavy atom. The molecule has 0 bridgehead atoms. The average Bonchev–Trinajstić information content (AvgIpc) is 2.86. The van der Waals surface area contributed by atoms with E-state index in [2.05, 4.69) is 15.1 Å². The molecule has 0 saturated heterocycles. The van der Waals surface area contributed by atoms with Gasteiger partial charge in [-0.05, 0) is 18.6 Å². The van der Waals surface area contributed by atoms with Gasteiger partial charge >= 0.3 is 0 Å². The molecule has 3 aromatic heterocycles. The van der Waals surface area contributed by atoms with E-state index >= 15 is 0 Å². The van der Waals surface area contributed by atoms with Crippen molar-refractivity contribution in [2.45, 2.75) is 13.5 Å². The van der Waals surface area contributed by atoms with Crippen LogP contribution in [0.4, 0.5) is 0 Å². The van der Waals surface area contributed by atoms with E-state index in [1.54, 1.807) is 41.3 Å². The third-order valence-electron chi connectivity index (χ3n) is 3.17. The fourth-order valence-electron chi connectivity index (χ4n) is 2.16. The molecule has 0 aromatic carbocycles. The molecule has 6 nitrogen and oxygen atoms in total. The minimum Gasteiger partial charge on any atom is -0.337 e. The van der Waals surface area contributed by atoms with E-state index < -0.39 is 0 Å². The molecule has 3 rings (SSSR count). The first kappa shape index (κ1) is 13.2. The molecule has 0 aliphatic rings. The maximum atomic E-state index is 12.4. The third kappa shape index (κ3) is 2.74. The normalized spacial score (nSPS) is 10.8. The minimum absolute atomic E-state index is 0.0959. The molecule has 3 heterocycles. The van der Waals surface area contributed by atoms with Crippen LogP contribution in [0.3, 0.4) is 0 Å². The topological polar surface area (TPSA) is 63.4 Å².